The molecule has 1 aliphatic rings. The fraction of sp³-hybridized carbons (Fsp3) is 0.733. The average molecular weight is 278 g/mol. The van der Waals surface area contributed by atoms with Crippen LogP contribution in [-0.4, -0.2) is 10.1 Å². The number of aromatic nitrogens is 1. The normalized spacial score (nSPS) is 29.7. The Hall–Kier alpha value is -0.920. The summed E-state index contributed by atoms with van der Waals surface area (Å²) >= 11 is 1.47. The second-order valence-corrected chi connectivity index (χ2v) is 7.44. The van der Waals surface area contributed by atoms with Crippen molar-refractivity contribution in [1.29, 1.82) is 5.26 Å². The van der Waals surface area contributed by atoms with Crippen molar-refractivity contribution < 1.29 is 5.11 Å². The van der Waals surface area contributed by atoms with E-state index in [1.807, 2.05) is 5.38 Å². The topological polar surface area (TPSA) is 56.9 Å². The lowest BCUT2D eigenvalue weighted by Gasteiger charge is -2.42. The lowest BCUT2D eigenvalue weighted by atomic mass is 9.62. The summed E-state index contributed by atoms with van der Waals surface area (Å²) in [5.74, 6) is 0.636. The predicted octanol–water partition coefficient (Wildman–Crippen LogP) is 3.92. The van der Waals surface area contributed by atoms with E-state index in [9.17, 15) is 10.4 Å². The van der Waals surface area contributed by atoms with E-state index in [1.54, 1.807) is 5.51 Å². The molecule has 0 aromatic carbocycles. The molecule has 19 heavy (non-hydrogen) atoms. The SMILES string of the molecule is CC(C)(C)C1CCC(C#N)(C(O)c2cscn2)CC1. The molecule has 0 amide bonds. The molecule has 1 heterocycles. The Kier molecular flexibility index (Phi) is 3.98. The van der Waals surface area contributed by atoms with Crippen LogP contribution >= 0.6 is 11.3 Å². The molecule has 3 nitrogen and oxygen atoms in total. The van der Waals surface area contributed by atoms with Gasteiger partial charge < -0.3 is 5.11 Å². The Morgan fingerprint density at radius 2 is 2.11 bits per heavy atom. The standard InChI is InChI=1S/C15H22N2OS/c1-14(2,3)11-4-6-15(9-16,7-5-11)13(18)12-8-19-10-17-12/h8,10-11,13,18H,4-7H2,1-3H3. The first kappa shape index (κ1) is 14.5. The Morgan fingerprint density at radius 1 is 1.47 bits per heavy atom. The summed E-state index contributed by atoms with van der Waals surface area (Å²) in [5.41, 5.74) is 2.01. The molecule has 0 saturated heterocycles. The molecule has 0 bridgehead atoms. The lowest BCUT2D eigenvalue weighted by Crippen LogP contribution is -2.36. The molecule has 1 aliphatic carbocycles. The van der Waals surface area contributed by atoms with Crippen LogP contribution in [0.2, 0.25) is 0 Å². The van der Waals surface area contributed by atoms with Crippen molar-refractivity contribution in [2.45, 2.75) is 52.6 Å². The highest BCUT2D eigenvalue weighted by Gasteiger charge is 2.45. The third-order valence-corrected chi connectivity index (χ3v) is 5.18. The van der Waals surface area contributed by atoms with Crippen LogP contribution in [0.25, 0.3) is 0 Å². The number of thiazole rings is 1. The van der Waals surface area contributed by atoms with Crippen molar-refractivity contribution >= 4 is 11.3 Å². The highest BCUT2D eigenvalue weighted by atomic mass is 32.1. The van der Waals surface area contributed by atoms with Gasteiger partial charge in [-0.05, 0) is 37.0 Å². The average Bonchev–Trinajstić information content (AvgIpc) is 2.90. The summed E-state index contributed by atoms with van der Waals surface area (Å²) in [6.45, 7) is 6.77. The zero-order chi connectivity index (χ0) is 14.1. The van der Waals surface area contributed by atoms with Gasteiger partial charge in [0.05, 0.1) is 22.7 Å². The van der Waals surface area contributed by atoms with Crippen molar-refractivity contribution in [2.75, 3.05) is 0 Å². The molecule has 1 fully saturated rings. The maximum Gasteiger partial charge on any atom is 0.115 e. The van der Waals surface area contributed by atoms with Crippen molar-refractivity contribution in [3.05, 3.63) is 16.6 Å². The van der Waals surface area contributed by atoms with Crippen LogP contribution in [0, 0.1) is 28.1 Å². The smallest absolute Gasteiger partial charge is 0.115 e. The van der Waals surface area contributed by atoms with Gasteiger partial charge in [0.25, 0.3) is 0 Å². The van der Waals surface area contributed by atoms with Gasteiger partial charge in [0, 0.05) is 5.38 Å². The number of hydrogen-bond donors (Lipinski definition) is 1. The third kappa shape index (κ3) is 2.82. The van der Waals surface area contributed by atoms with E-state index < -0.39 is 11.5 Å². The van der Waals surface area contributed by atoms with Crippen molar-refractivity contribution in [2.24, 2.45) is 16.7 Å². The zero-order valence-electron chi connectivity index (χ0n) is 11.9. The van der Waals surface area contributed by atoms with Crippen LogP contribution in [0.3, 0.4) is 0 Å². The molecule has 1 aromatic rings. The molecule has 2 rings (SSSR count). The summed E-state index contributed by atoms with van der Waals surface area (Å²) < 4.78 is 0. The van der Waals surface area contributed by atoms with Crippen LogP contribution in [-0.2, 0) is 0 Å². The second-order valence-electron chi connectivity index (χ2n) is 6.72. The minimum atomic E-state index is -0.746. The highest BCUT2D eigenvalue weighted by molar-refractivity contribution is 7.07. The molecular formula is C15H22N2OS. The monoisotopic (exact) mass is 278 g/mol. The van der Waals surface area contributed by atoms with Gasteiger partial charge in [-0.25, -0.2) is 4.98 Å². The van der Waals surface area contributed by atoms with Crippen molar-refractivity contribution in [3.8, 4) is 6.07 Å². The van der Waals surface area contributed by atoms with Gasteiger partial charge in [0.15, 0.2) is 0 Å². The minimum Gasteiger partial charge on any atom is -0.385 e. The second kappa shape index (κ2) is 5.22. The number of rotatable bonds is 2. The Bertz CT molecular complexity index is 447. The Morgan fingerprint density at radius 3 is 2.53 bits per heavy atom. The van der Waals surface area contributed by atoms with E-state index in [4.69, 9.17) is 0 Å². The van der Waals surface area contributed by atoms with Crippen LogP contribution in [0.1, 0.15) is 58.3 Å². The van der Waals surface area contributed by atoms with Crippen LogP contribution in [0.5, 0.6) is 0 Å². The predicted molar refractivity (Wildman–Crippen MR) is 76.5 cm³/mol. The van der Waals surface area contributed by atoms with Gasteiger partial charge in [-0.1, -0.05) is 20.8 Å². The molecule has 1 saturated carbocycles. The Balaban J connectivity index is 2.13. The molecule has 1 unspecified atom stereocenters. The van der Waals surface area contributed by atoms with E-state index in [1.165, 1.54) is 11.3 Å². The van der Waals surface area contributed by atoms with E-state index in [0.29, 0.717) is 11.6 Å². The number of aliphatic hydroxyl groups is 1. The summed E-state index contributed by atoms with van der Waals surface area (Å²) in [4.78, 5) is 4.17. The molecule has 0 aliphatic heterocycles. The number of nitrogens with zero attached hydrogens (tertiary/aromatic N) is 2. The molecule has 4 heteroatoms. The van der Waals surface area contributed by atoms with Gasteiger partial charge in [0.1, 0.15) is 6.10 Å². The fourth-order valence-electron chi connectivity index (χ4n) is 3.09. The Labute approximate surface area is 119 Å². The first-order valence-electron chi connectivity index (χ1n) is 6.86. The van der Waals surface area contributed by atoms with Gasteiger partial charge in [-0.15, -0.1) is 11.3 Å². The summed E-state index contributed by atoms with van der Waals surface area (Å²) in [6, 6.07) is 2.39. The molecule has 1 atom stereocenters. The minimum absolute atomic E-state index is 0.285. The largest absolute Gasteiger partial charge is 0.385 e. The van der Waals surface area contributed by atoms with Crippen molar-refractivity contribution in [3.63, 3.8) is 0 Å². The highest BCUT2D eigenvalue weighted by Crippen LogP contribution is 2.50. The molecule has 0 radical (unpaired) electrons. The lowest BCUT2D eigenvalue weighted by molar-refractivity contribution is 0.00632. The number of hydrogen-bond acceptors (Lipinski definition) is 4. The molecule has 0 spiro atoms. The molecule has 104 valence electrons. The first-order chi connectivity index (χ1) is 8.89. The van der Waals surface area contributed by atoms with Crippen LogP contribution in [0.4, 0.5) is 0 Å². The quantitative estimate of drug-likeness (QED) is 0.892. The van der Waals surface area contributed by atoms with E-state index >= 15 is 0 Å². The van der Waals surface area contributed by atoms with Crippen molar-refractivity contribution in [1.82, 2.24) is 4.98 Å². The number of aliphatic hydroxyl groups excluding tert-OH is 1. The number of nitriles is 1. The summed E-state index contributed by atoms with van der Waals surface area (Å²) in [7, 11) is 0. The van der Waals surface area contributed by atoms with E-state index in [2.05, 4.69) is 31.8 Å². The van der Waals surface area contributed by atoms with Gasteiger partial charge in [-0.2, -0.15) is 5.26 Å². The van der Waals surface area contributed by atoms with Gasteiger partial charge in [0.2, 0.25) is 0 Å². The molecule has 1 aromatic heterocycles. The van der Waals surface area contributed by atoms with Gasteiger partial charge in [-0.3, -0.25) is 0 Å². The third-order valence-electron chi connectivity index (χ3n) is 4.58. The zero-order valence-corrected chi connectivity index (χ0v) is 12.7. The van der Waals surface area contributed by atoms with E-state index in [0.717, 1.165) is 25.7 Å². The molecule has 1 N–H and O–H groups in total. The molecular weight excluding hydrogens is 256 g/mol. The first-order valence-corrected chi connectivity index (χ1v) is 7.81. The maximum absolute atomic E-state index is 10.5. The van der Waals surface area contributed by atoms with Crippen LogP contribution < -0.4 is 0 Å². The summed E-state index contributed by atoms with van der Waals surface area (Å²) in [5, 5.41) is 21.9. The van der Waals surface area contributed by atoms with E-state index in [-0.39, 0.29) is 5.41 Å². The fourth-order valence-corrected chi connectivity index (χ4v) is 3.66. The maximum atomic E-state index is 10.5. The van der Waals surface area contributed by atoms with Gasteiger partial charge >= 0.3 is 0 Å². The van der Waals surface area contributed by atoms with Crippen LogP contribution in [0.15, 0.2) is 10.9 Å². The summed E-state index contributed by atoms with van der Waals surface area (Å²) in [6.07, 6.45) is 2.81.